The molecule has 0 spiro atoms. The monoisotopic (exact) mass is 379 g/mol. The molecule has 9 nitrogen and oxygen atoms in total. The third kappa shape index (κ3) is 3.51. The van der Waals surface area contributed by atoms with E-state index >= 15 is 0 Å². The first-order chi connectivity index (χ1) is 13.5. The van der Waals surface area contributed by atoms with Gasteiger partial charge in [0.15, 0.2) is 11.6 Å². The van der Waals surface area contributed by atoms with Crippen LogP contribution in [-0.4, -0.2) is 56.3 Å². The summed E-state index contributed by atoms with van der Waals surface area (Å²) in [5, 5.41) is 2.60. The van der Waals surface area contributed by atoms with E-state index in [2.05, 4.69) is 25.3 Å². The molecule has 4 rings (SSSR count). The van der Waals surface area contributed by atoms with E-state index in [0.29, 0.717) is 11.5 Å². The van der Waals surface area contributed by atoms with E-state index in [1.165, 1.54) is 6.20 Å². The summed E-state index contributed by atoms with van der Waals surface area (Å²) in [6.07, 6.45) is 3.30. The number of imidazole rings is 1. The molecule has 1 fully saturated rings. The fraction of sp³-hybridized carbons (Fsp3) is 0.316. The van der Waals surface area contributed by atoms with E-state index < -0.39 is 5.91 Å². The molecular weight excluding hydrogens is 358 g/mol. The van der Waals surface area contributed by atoms with E-state index in [1.807, 2.05) is 25.1 Å². The molecule has 2 amide bonds. The van der Waals surface area contributed by atoms with Gasteiger partial charge in [0.25, 0.3) is 5.91 Å². The van der Waals surface area contributed by atoms with Crippen LogP contribution >= 0.6 is 0 Å². The average Bonchev–Trinajstić information content (AvgIpc) is 3.35. The number of nitrogens with zero attached hydrogens (tertiary/aromatic N) is 4. The summed E-state index contributed by atoms with van der Waals surface area (Å²) in [4.78, 5) is 42.3. The lowest BCUT2D eigenvalue weighted by Crippen LogP contribution is -2.38. The molecule has 4 N–H and O–H groups in total. The number of hydrogen-bond donors (Lipinski definition) is 3. The van der Waals surface area contributed by atoms with Crippen molar-refractivity contribution in [2.45, 2.75) is 19.8 Å². The van der Waals surface area contributed by atoms with Crippen molar-refractivity contribution in [3.63, 3.8) is 0 Å². The van der Waals surface area contributed by atoms with Crippen LogP contribution in [0, 0.1) is 6.92 Å². The molecule has 0 unspecified atom stereocenters. The maximum atomic E-state index is 12.4. The number of benzene rings is 1. The number of rotatable bonds is 4. The van der Waals surface area contributed by atoms with Gasteiger partial charge in [-0.25, -0.2) is 15.0 Å². The SMILES string of the molecule is Cc1ccc2nc(-c3nc(C(=O)NCC(=O)N4CCCC4)cnc3N)[nH]c2c1. The predicted octanol–water partition coefficient (Wildman–Crippen LogP) is 1.26. The van der Waals surface area contributed by atoms with Crippen LogP contribution in [0.5, 0.6) is 0 Å². The summed E-state index contributed by atoms with van der Waals surface area (Å²) in [7, 11) is 0. The number of carbonyl (C=O) groups excluding carboxylic acids is 2. The Kier molecular flexibility index (Phi) is 4.64. The minimum atomic E-state index is -0.478. The van der Waals surface area contributed by atoms with Gasteiger partial charge in [0, 0.05) is 13.1 Å². The van der Waals surface area contributed by atoms with Crippen molar-refractivity contribution in [2.24, 2.45) is 0 Å². The maximum Gasteiger partial charge on any atom is 0.271 e. The van der Waals surface area contributed by atoms with Crippen LogP contribution in [0.2, 0.25) is 0 Å². The smallest absolute Gasteiger partial charge is 0.271 e. The molecule has 144 valence electrons. The van der Waals surface area contributed by atoms with Gasteiger partial charge >= 0.3 is 0 Å². The fourth-order valence-electron chi connectivity index (χ4n) is 3.24. The van der Waals surface area contributed by atoms with E-state index in [1.54, 1.807) is 4.90 Å². The van der Waals surface area contributed by atoms with Gasteiger partial charge in [0.2, 0.25) is 5.91 Å². The summed E-state index contributed by atoms with van der Waals surface area (Å²) in [5.74, 6) is 0.0317. The minimum Gasteiger partial charge on any atom is -0.382 e. The standard InChI is InChI=1S/C19H21N7O2/c1-11-4-5-12-13(8-11)25-18(24-12)16-17(20)21-9-14(23-16)19(28)22-10-15(27)26-6-2-3-7-26/h4-5,8-9H,2-3,6-7,10H2,1H3,(H2,20,21)(H,22,28)(H,24,25). The molecule has 1 aliphatic heterocycles. The van der Waals surface area contributed by atoms with Crippen LogP contribution in [-0.2, 0) is 4.79 Å². The number of aromatic amines is 1. The third-order valence-electron chi connectivity index (χ3n) is 4.75. The van der Waals surface area contributed by atoms with Gasteiger partial charge in [-0.15, -0.1) is 0 Å². The summed E-state index contributed by atoms with van der Waals surface area (Å²) in [6.45, 7) is 3.41. The number of carbonyl (C=O) groups is 2. The normalized spacial score (nSPS) is 13.8. The number of nitrogens with one attached hydrogen (secondary N) is 2. The molecule has 0 radical (unpaired) electrons. The van der Waals surface area contributed by atoms with Crippen molar-refractivity contribution in [1.29, 1.82) is 0 Å². The number of nitrogen functional groups attached to an aromatic ring is 1. The minimum absolute atomic E-state index is 0.0653. The molecule has 3 heterocycles. The summed E-state index contributed by atoms with van der Waals surface area (Å²) in [6, 6.07) is 5.83. The Hall–Kier alpha value is -3.49. The van der Waals surface area contributed by atoms with Crippen molar-refractivity contribution < 1.29 is 9.59 Å². The Morgan fingerprint density at radius 1 is 1.25 bits per heavy atom. The lowest BCUT2D eigenvalue weighted by Gasteiger charge is -2.15. The Bertz CT molecular complexity index is 1050. The largest absolute Gasteiger partial charge is 0.382 e. The van der Waals surface area contributed by atoms with Crippen molar-refractivity contribution >= 4 is 28.7 Å². The lowest BCUT2D eigenvalue weighted by molar-refractivity contribution is -0.129. The van der Waals surface area contributed by atoms with E-state index in [-0.39, 0.29) is 24.0 Å². The van der Waals surface area contributed by atoms with Crippen LogP contribution in [0.1, 0.15) is 28.9 Å². The van der Waals surface area contributed by atoms with Gasteiger partial charge in [0.1, 0.15) is 11.4 Å². The number of nitrogens with two attached hydrogens (primary N) is 1. The Morgan fingerprint density at radius 2 is 2.04 bits per heavy atom. The number of amides is 2. The molecule has 1 aromatic carbocycles. The van der Waals surface area contributed by atoms with E-state index in [9.17, 15) is 9.59 Å². The number of fused-ring (bicyclic) bond motifs is 1. The van der Waals surface area contributed by atoms with Crippen LogP contribution in [0.3, 0.4) is 0 Å². The highest BCUT2D eigenvalue weighted by molar-refractivity contribution is 5.95. The van der Waals surface area contributed by atoms with Gasteiger partial charge in [0.05, 0.1) is 23.8 Å². The second kappa shape index (κ2) is 7.26. The van der Waals surface area contributed by atoms with Gasteiger partial charge in [-0.1, -0.05) is 6.07 Å². The molecule has 1 saturated heterocycles. The van der Waals surface area contributed by atoms with E-state index in [4.69, 9.17) is 5.73 Å². The first-order valence-corrected chi connectivity index (χ1v) is 9.16. The highest BCUT2D eigenvalue weighted by atomic mass is 16.2. The molecule has 0 bridgehead atoms. The van der Waals surface area contributed by atoms with Crippen LogP contribution in [0.15, 0.2) is 24.4 Å². The number of H-pyrrole nitrogens is 1. The summed E-state index contributed by atoms with van der Waals surface area (Å²) in [5.41, 5.74) is 9.04. The van der Waals surface area contributed by atoms with Crippen LogP contribution in [0.25, 0.3) is 22.6 Å². The first kappa shape index (κ1) is 17.9. The molecule has 0 atom stereocenters. The van der Waals surface area contributed by atoms with Crippen molar-refractivity contribution in [1.82, 2.24) is 30.2 Å². The number of aryl methyl sites for hydroxylation is 1. The molecule has 0 aliphatic carbocycles. The molecule has 0 saturated carbocycles. The zero-order valence-corrected chi connectivity index (χ0v) is 15.5. The van der Waals surface area contributed by atoms with Gasteiger partial charge < -0.3 is 20.9 Å². The average molecular weight is 379 g/mol. The third-order valence-corrected chi connectivity index (χ3v) is 4.75. The van der Waals surface area contributed by atoms with Crippen molar-refractivity contribution in [2.75, 3.05) is 25.4 Å². The predicted molar refractivity (Wildman–Crippen MR) is 104 cm³/mol. The lowest BCUT2D eigenvalue weighted by atomic mass is 10.2. The second-order valence-corrected chi connectivity index (χ2v) is 6.87. The summed E-state index contributed by atoms with van der Waals surface area (Å²) < 4.78 is 0. The molecule has 2 aromatic heterocycles. The number of likely N-dealkylation sites (tertiary alicyclic amines) is 1. The van der Waals surface area contributed by atoms with Gasteiger partial charge in [-0.2, -0.15) is 0 Å². The molecule has 28 heavy (non-hydrogen) atoms. The summed E-state index contributed by atoms with van der Waals surface area (Å²) >= 11 is 0. The number of aromatic nitrogens is 4. The quantitative estimate of drug-likeness (QED) is 0.626. The van der Waals surface area contributed by atoms with Crippen LogP contribution < -0.4 is 11.1 Å². The Balaban J connectivity index is 1.54. The molecule has 1 aliphatic rings. The van der Waals surface area contributed by atoms with Gasteiger partial charge in [-0.05, 0) is 37.5 Å². The van der Waals surface area contributed by atoms with Crippen LogP contribution in [0.4, 0.5) is 5.82 Å². The highest BCUT2D eigenvalue weighted by Crippen LogP contribution is 2.23. The fourth-order valence-corrected chi connectivity index (χ4v) is 3.24. The zero-order chi connectivity index (χ0) is 19.7. The van der Waals surface area contributed by atoms with E-state index in [0.717, 1.165) is 42.5 Å². The highest BCUT2D eigenvalue weighted by Gasteiger charge is 2.20. The number of anilines is 1. The topological polar surface area (TPSA) is 130 Å². The molecule has 9 heteroatoms. The Labute approximate surface area is 161 Å². The first-order valence-electron chi connectivity index (χ1n) is 9.16. The van der Waals surface area contributed by atoms with Gasteiger partial charge in [-0.3, -0.25) is 9.59 Å². The Morgan fingerprint density at radius 3 is 2.82 bits per heavy atom. The molecule has 3 aromatic rings. The zero-order valence-electron chi connectivity index (χ0n) is 15.5. The number of hydrogen-bond acceptors (Lipinski definition) is 6. The molecular formula is C19H21N7O2. The second-order valence-electron chi connectivity index (χ2n) is 6.87. The van der Waals surface area contributed by atoms with Crippen molar-refractivity contribution in [3.05, 3.63) is 35.7 Å². The van der Waals surface area contributed by atoms with Crippen molar-refractivity contribution in [3.8, 4) is 11.5 Å². The maximum absolute atomic E-state index is 12.4.